The van der Waals surface area contributed by atoms with Gasteiger partial charge in [0.15, 0.2) is 4.77 Å². The maximum atomic E-state index is 5.58. The molecule has 0 fully saturated rings. The van der Waals surface area contributed by atoms with Gasteiger partial charge in [-0.05, 0) is 43.3 Å². The molecule has 1 atom stereocenters. The number of hydrogen-bond donors (Lipinski definition) is 1. The largest absolute Gasteiger partial charge is 0.331 e. The van der Waals surface area contributed by atoms with Gasteiger partial charge in [-0.2, -0.15) is 0 Å². The first kappa shape index (κ1) is 16.3. The molecule has 0 amide bonds. The second kappa shape index (κ2) is 6.62. The van der Waals surface area contributed by atoms with E-state index in [4.69, 9.17) is 12.2 Å². The van der Waals surface area contributed by atoms with Crippen molar-refractivity contribution < 1.29 is 0 Å². The molecule has 1 N–H and O–H groups in total. The van der Waals surface area contributed by atoms with Crippen LogP contribution in [0.2, 0.25) is 0 Å². The van der Waals surface area contributed by atoms with Gasteiger partial charge in [-0.25, -0.2) is 0 Å². The summed E-state index contributed by atoms with van der Waals surface area (Å²) in [6.07, 6.45) is 2.32. The minimum atomic E-state index is 0.236. The van der Waals surface area contributed by atoms with E-state index in [1.165, 1.54) is 22.2 Å². The van der Waals surface area contributed by atoms with Crippen molar-refractivity contribution in [3.05, 3.63) is 76.1 Å². The SMILES string of the molecule is CC(C)=CCN1CCn2c(=S)[nH]c3cccc(c32)C1c1ccccc1. The molecule has 1 aliphatic heterocycles. The summed E-state index contributed by atoms with van der Waals surface area (Å²) in [6.45, 7) is 7.15. The first-order valence-electron chi connectivity index (χ1n) is 8.79. The minimum Gasteiger partial charge on any atom is -0.331 e. The molecule has 4 rings (SSSR count). The highest BCUT2D eigenvalue weighted by molar-refractivity contribution is 7.71. The summed E-state index contributed by atoms with van der Waals surface area (Å²) in [5.41, 5.74) is 6.40. The Morgan fingerprint density at radius 3 is 2.68 bits per heavy atom. The number of hydrogen-bond acceptors (Lipinski definition) is 2. The molecule has 1 aliphatic rings. The van der Waals surface area contributed by atoms with E-state index in [1.54, 1.807) is 0 Å². The predicted octanol–water partition coefficient (Wildman–Crippen LogP) is 5.07. The number of aromatic nitrogens is 2. The molecule has 1 aromatic heterocycles. The summed E-state index contributed by atoms with van der Waals surface area (Å²) < 4.78 is 3.08. The number of nitrogens with one attached hydrogen (secondary N) is 1. The zero-order valence-electron chi connectivity index (χ0n) is 14.7. The van der Waals surface area contributed by atoms with Crippen molar-refractivity contribution in [3.8, 4) is 0 Å². The molecule has 25 heavy (non-hydrogen) atoms. The van der Waals surface area contributed by atoms with Crippen molar-refractivity contribution in [1.82, 2.24) is 14.5 Å². The highest BCUT2D eigenvalue weighted by Crippen LogP contribution is 2.35. The number of para-hydroxylation sites is 1. The Hall–Kier alpha value is -2.17. The Morgan fingerprint density at radius 1 is 1.12 bits per heavy atom. The third kappa shape index (κ3) is 2.96. The fraction of sp³-hybridized carbons (Fsp3) is 0.286. The minimum absolute atomic E-state index is 0.236. The van der Waals surface area contributed by atoms with E-state index in [2.05, 4.69) is 82.9 Å². The van der Waals surface area contributed by atoms with Crippen LogP contribution in [0, 0.1) is 4.77 Å². The van der Waals surface area contributed by atoms with Crippen molar-refractivity contribution in [3.63, 3.8) is 0 Å². The quantitative estimate of drug-likeness (QED) is 0.527. The van der Waals surface area contributed by atoms with Gasteiger partial charge in [0, 0.05) is 19.6 Å². The molecule has 1 unspecified atom stereocenters. The van der Waals surface area contributed by atoms with Crippen LogP contribution in [0.4, 0.5) is 0 Å². The Labute approximate surface area is 153 Å². The number of aromatic amines is 1. The van der Waals surface area contributed by atoms with Gasteiger partial charge in [0.25, 0.3) is 0 Å². The predicted molar refractivity (Wildman–Crippen MR) is 106 cm³/mol. The highest BCUT2D eigenvalue weighted by Gasteiger charge is 2.27. The first-order chi connectivity index (χ1) is 12.1. The van der Waals surface area contributed by atoms with Crippen molar-refractivity contribution in [2.45, 2.75) is 26.4 Å². The Kier molecular flexibility index (Phi) is 4.32. The molecule has 0 saturated heterocycles. The van der Waals surface area contributed by atoms with Gasteiger partial charge in [0.1, 0.15) is 0 Å². The zero-order valence-corrected chi connectivity index (χ0v) is 15.5. The maximum Gasteiger partial charge on any atom is 0.178 e. The highest BCUT2D eigenvalue weighted by atomic mass is 32.1. The fourth-order valence-electron chi connectivity index (χ4n) is 3.76. The van der Waals surface area contributed by atoms with Crippen LogP contribution in [0.5, 0.6) is 0 Å². The van der Waals surface area contributed by atoms with Crippen molar-refractivity contribution >= 4 is 23.3 Å². The summed E-state index contributed by atoms with van der Waals surface area (Å²) in [7, 11) is 0. The second-order valence-corrected chi connectivity index (χ2v) is 7.30. The number of benzene rings is 2. The summed E-state index contributed by atoms with van der Waals surface area (Å²) in [4.78, 5) is 5.93. The lowest BCUT2D eigenvalue weighted by molar-refractivity contribution is 0.248. The third-order valence-electron chi connectivity index (χ3n) is 4.94. The molecular weight excluding hydrogens is 326 g/mol. The van der Waals surface area contributed by atoms with Gasteiger partial charge in [-0.3, -0.25) is 4.90 Å². The molecule has 0 spiro atoms. The van der Waals surface area contributed by atoms with Crippen LogP contribution in [0.25, 0.3) is 11.0 Å². The molecule has 3 nitrogen and oxygen atoms in total. The lowest BCUT2D eigenvalue weighted by Crippen LogP contribution is -2.31. The Balaban J connectivity index is 1.93. The second-order valence-electron chi connectivity index (χ2n) is 6.91. The summed E-state index contributed by atoms with van der Waals surface area (Å²) in [5.74, 6) is 0. The van der Waals surface area contributed by atoms with Gasteiger partial charge in [-0.1, -0.05) is 54.1 Å². The van der Waals surface area contributed by atoms with E-state index >= 15 is 0 Å². The number of allylic oxidation sites excluding steroid dienone is 1. The molecule has 4 heteroatoms. The molecule has 0 saturated carbocycles. The molecule has 2 heterocycles. The number of H-pyrrole nitrogens is 1. The standard InChI is InChI=1S/C21H23N3S/c1-15(2)11-12-23-13-14-24-20-17(9-6-10-18(20)22-21(24)25)19(23)16-7-4-3-5-8-16/h3-11,19H,12-14H2,1-2H3,(H,22,25). The van der Waals surface area contributed by atoms with Crippen LogP contribution in [0.15, 0.2) is 60.2 Å². The molecule has 128 valence electrons. The first-order valence-corrected chi connectivity index (χ1v) is 9.20. The number of imidazole rings is 1. The third-order valence-corrected chi connectivity index (χ3v) is 5.27. The van der Waals surface area contributed by atoms with Crippen LogP contribution in [0.3, 0.4) is 0 Å². The van der Waals surface area contributed by atoms with Gasteiger partial charge in [0.2, 0.25) is 0 Å². The topological polar surface area (TPSA) is 24.0 Å². The molecule has 2 aromatic carbocycles. The van der Waals surface area contributed by atoms with Crippen LogP contribution in [-0.2, 0) is 6.54 Å². The monoisotopic (exact) mass is 349 g/mol. The van der Waals surface area contributed by atoms with E-state index in [-0.39, 0.29) is 6.04 Å². The molecule has 0 aliphatic carbocycles. The van der Waals surface area contributed by atoms with Gasteiger partial charge < -0.3 is 9.55 Å². The van der Waals surface area contributed by atoms with E-state index in [1.807, 2.05) is 0 Å². The van der Waals surface area contributed by atoms with Crippen LogP contribution >= 0.6 is 12.2 Å². The van der Waals surface area contributed by atoms with E-state index in [0.29, 0.717) is 0 Å². The van der Waals surface area contributed by atoms with E-state index < -0.39 is 0 Å². The van der Waals surface area contributed by atoms with Crippen LogP contribution in [0.1, 0.15) is 31.0 Å². The van der Waals surface area contributed by atoms with Crippen LogP contribution < -0.4 is 0 Å². The Bertz CT molecular complexity index is 977. The number of rotatable bonds is 3. The molecule has 0 bridgehead atoms. The number of nitrogens with zero attached hydrogens (tertiary/aromatic N) is 2. The molecule has 3 aromatic rings. The van der Waals surface area contributed by atoms with Gasteiger partial charge in [-0.15, -0.1) is 0 Å². The maximum absolute atomic E-state index is 5.58. The van der Waals surface area contributed by atoms with Crippen molar-refractivity contribution in [2.24, 2.45) is 0 Å². The normalized spacial score (nSPS) is 17.4. The van der Waals surface area contributed by atoms with Crippen molar-refractivity contribution in [2.75, 3.05) is 13.1 Å². The van der Waals surface area contributed by atoms with Gasteiger partial charge >= 0.3 is 0 Å². The van der Waals surface area contributed by atoms with E-state index in [0.717, 1.165) is 29.9 Å². The van der Waals surface area contributed by atoms with Crippen molar-refractivity contribution in [1.29, 1.82) is 0 Å². The molecule has 0 radical (unpaired) electrons. The summed E-state index contributed by atoms with van der Waals surface area (Å²) in [5, 5.41) is 0. The summed E-state index contributed by atoms with van der Waals surface area (Å²) >= 11 is 5.58. The average Bonchev–Trinajstić information content (AvgIpc) is 2.83. The van der Waals surface area contributed by atoms with Crippen LogP contribution in [-0.4, -0.2) is 27.5 Å². The Morgan fingerprint density at radius 2 is 1.92 bits per heavy atom. The average molecular weight is 350 g/mol. The molecular formula is C21H23N3S. The fourth-order valence-corrected chi connectivity index (χ4v) is 4.05. The smallest absolute Gasteiger partial charge is 0.178 e. The lowest BCUT2D eigenvalue weighted by Gasteiger charge is -2.30. The van der Waals surface area contributed by atoms with E-state index in [9.17, 15) is 0 Å². The summed E-state index contributed by atoms with van der Waals surface area (Å²) in [6, 6.07) is 17.5. The zero-order chi connectivity index (χ0) is 17.4. The lowest BCUT2D eigenvalue weighted by atomic mass is 9.96. The van der Waals surface area contributed by atoms with Gasteiger partial charge in [0.05, 0.1) is 17.1 Å².